The second-order valence-electron chi connectivity index (χ2n) is 6.17. The van der Waals surface area contributed by atoms with Gasteiger partial charge in [0.2, 0.25) is 0 Å². The van der Waals surface area contributed by atoms with Crippen LogP contribution in [-0.2, 0) is 4.79 Å². The molecule has 0 aliphatic heterocycles. The zero-order valence-corrected chi connectivity index (χ0v) is 15.4. The van der Waals surface area contributed by atoms with Gasteiger partial charge in [-0.1, -0.05) is 51.1 Å². The minimum atomic E-state index is -0.685. The van der Waals surface area contributed by atoms with E-state index in [1.165, 1.54) is 6.08 Å². The molecule has 0 bridgehead atoms. The molecule has 26 heavy (non-hydrogen) atoms. The molecule has 2 aromatic rings. The average Bonchev–Trinajstić information content (AvgIpc) is 2.65. The molecule has 0 fully saturated rings. The number of ether oxygens (including phenoxy) is 2. The Morgan fingerprint density at radius 2 is 1.85 bits per heavy atom. The molecular formula is C22H23NO3. The Bertz CT molecular complexity index is 814. The first-order chi connectivity index (χ1) is 12.5. The molecule has 0 unspecified atom stereocenters. The van der Waals surface area contributed by atoms with Crippen LogP contribution in [0.2, 0.25) is 0 Å². The van der Waals surface area contributed by atoms with Gasteiger partial charge in [0.25, 0.3) is 0 Å². The van der Waals surface area contributed by atoms with Crippen molar-refractivity contribution in [1.82, 2.24) is 0 Å². The van der Waals surface area contributed by atoms with Crippen LogP contribution in [0.1, 0.15) is 44.2 Å². The van der Waals surface area contributed by atoms with E-state index in [0.29, 0.717) is 29.6 Å². The highest BCUT2D eigenvalue weighted by atomic mass is 16.5. The summed E-state index contributed by atoms with van der Waals surface area (Å²) in [7, 11) is 0. The summed E-state index contributed by atoms with van der Waals surface area (Å²) in [5.41, 5.74) is 1.75. The van der Waals surface area contributed by atoms with E-state index in [9.17, 15) is 10.1 Å². The van der Waals surface area contributed by atoms with Crippen molar-refractivity contribution in [2.75, 3.05) is 6.61 Å². The highest BCUT2D eigenvalue weighted by Crippen LogP contribution is 2.23. The van der Waals surface area contributed by atoms with Gasteiger partial charge in [-0.3, -0.25) is 0 Å². The van der Waals surface area contributed by atoms with Crippen molar-refractivity contribution in [2.24, 2.45) is 0 Å². The molecule has 0 aromatic heterocycles. The van der Waals surface area contributed by atoms with E-state index >= 15 is 0 Å². The summed E-state index contributed by atoms with van der Waals surface area (Å²) < 4.78 is 11.0. The van der Waals surface area contributed by atoms with E-state index in [1.807, 2.05) is 43.3 Å². The van der Waals surface area contributed by atoms with Crippen LogP contribution >= 0.6 is 0 Å². The molecule has 0 aliphatic carbocycles. The second kappa shape index (κ2) is 9.43. The number of para-hydroxylation sites is 1. The first-order valence-electron chi connectivity index (χ1n) is 8.71. The summed E-state index contributed by atoms with van der Waals surface area (Å²) in [4.78, 5) is 12.3. The predicted octanol–water partition coefficient (Wildman–Crippen LogP) is 5.11. The zero-order valence-electron chi connectivity index (χ0n) is 15.4. The number of hydrogen-bond donors (Lipinski definition) is 0. The van der Waals surface area contributed by atoms with E-state index in [2.05, 4.69) is 13.8 Å². The maximum Gasteiger partial charge on any atom is 0.354 e. The van der Waals surface area contributed by atoms with Crippen LogP contribution in [0, 0.1) is 11.3 Å². The minimum Gasteiger partial charge on any atom is -0.493 e. The summed E-state index contributed by atoms with van der Waals surface area (Å²) in [6.07, 6.45) is 2.37. The summed E-state index contributed by atoms with van der Waals surface area (Å²) >= 11 is 0. The number of carbonyl (C=O) groups excluding carboxylic acids is 1. The molecule has 2 rings (SSSR count). The maximum absolute atomic E-state index is 12.3. The van der Waals surface area contributed by atoms with Crippen LogP contribution in [-0.4, -0.2) is 12.6 Å². The Hall–Kier alpha value is -3.06. The highest BCUT2D eigenvalue weighted by Gasteiger charge is 2.14. The van der Waals surface area contributed by atoms with Gasteiger partial charge in [-0.15, -0.1) is 0 Å². The number of carbonyl (C=O) groups is 1. The molecule has 0 radical (unpaired) electrons. The fourth-order valence-corrected chi connectivity index (χ4v) is 2.32. The van der Waals surface area contributed by atoms with Gasteiger partial charge in [0.1, 0.15) is 23.1 Å². The van der Waals surface area contributed by atoms with E-state index in [4.69, 9.17) is 9.47 Å². The fraction of sp³-hybridized carbons (Fsp3) is 0.273. The third-order valence-electron chi connectivity index (χ3n) is 3.78. The smallest absolute Gasteiger partial charge is 0.354 e. The van der Waals surface area contributed by atoms with Crippen LogP contribution < -0.4 is 9.47 Å². The van der Waals surface area contributed by atoms with Crippen LogP contribution in [0.3, 0.4) is 0 Å². The van der Waals surface area contributed by atoms with E-state index in [-0.39, 0.29) is 5.57 Å². The number of nitrogens with zero attached hydrogens (tertiary/aromatic N) is 1. The standard InChI is InChI=1S/C22H23NO3/c1-4-13-25-21-8-6-5-7-18(21)14-19(15-23)22(24)26-20-11-9-17(10-12-20)16(2)3/h5-12,14,16H,4,13H2,1-3H3/b19-14+. The van der Waals surface area contributed by atoms with Gasteiger partial charge >= 0.3 is 5.97 Å². The van der Waals surface area contributed by atoms with Crippen LogP contribution in [0.5, 0.6) is 11.5 Å². The Kier molecular flexibility index (Phi) is 6.99. The van der Waals surface area contributed by atoms with Crippen molar-refractivity contribution in [3.8, 4) is 17.6 Å². The van der Waals surface area contributed by atoms with Gasteiger partial charge in [-0.25, -0.2) is 4.79 Å². The normalized spacial score (nSPS) is 11.1. The lowest BCUT2D eigenvalue weighted by Crippen LogP contribution is -2.10. The number of nitriles is 1. The molecule has 0 atom stereocenters. The van der Waals surface area contributed by atoms with E-state index in [0.717, 1.165) is 12.0 Å². The molecule has 4 heteroatoms. The quantitative estimate of drug-likeness (QED) is 0.301. The minimum absolute atomic E-state index is 0.0783. The molecule has 0 saturated heterocycles. The lowest BCUT2D eigenvalue weighted by Gasteiger charge is -2.09. The van der Waals surface area contributed by atoms with Crippen molar-refractivity contribution >= 4 is 12.0 Å². The van der Waals surface area contributed by atoms with Gasteiger partial charge in [0, 0.05) is 5.56 Å². The molecule has 2 aromatic carbocycles. The van der Waals surface area contributed by atoms with Crippen LogP contribution in [0.25, 0.3) is 6.08 Å². The van der Waals surface area contributed by atoms with Gasteiger partial charge in [0.15, 0.2) is 0 Å². The molecule has 0 amide bonds. The summed E-state index contributed by atoms with van der Waals surface area (Å²) in [6.45, 7) is 6.77. The lowest BCUT2D eigenvalue weighted by atomic mass is 10.0. The Labute approximate surface area is 154 Å². The Morgan fingerprint density at radius 3 is 2.46 bits per heavy atom. The van der Waals surface area contributed by atoms with Crippen LogP contribution in [0.4, 0.5) is 0 Å². The van der Waals surface area contributed by atoms with Crippen molar-refractivity contribution in [2.45, 2.75) is 33.1 Å². The molecular weight excluding hydrogens is 326 g/mol. The summed E-state index contributed by atoms with van der Waals surface area (Å²) in [5, 5.41) is 9.36. The number of hydrogen-bond acceptors (Lipinski definition) is 4. The third kappa shape index (κ3) is 5.22. The molecule has 0 aliphatic rings. The summed E-state index contributed by atoms with van der Waals surface area (Å²) in [6, 6.07) is 16.5. The molecule has 0 heterocycles. The maximum atomic E-state index is 12.3. The predicted molar refractivity (Wildman–Crippen MR) is 102 cm³/mol. The fourth-order valence-electron chi connectivity index (χ4n) is 2.32. The number of esters is 1. The van der Waals surface area contributed by atoms with E-state index in [1.54, 1.807) is 18.2 Å². The largest absolute Gasteiger partial charge is 0.493 e. The average molecular weight is 349 g/mol. The molecule has 0 spiro atoms. The second-order valence-corrected chi connectivity index (χ2v) is 6.17. The van der Waals surface area contributed by atoms with E-state index < -0.39 is 5.97 Å². The monoisotopic (exact) mass is 349 g/mol. The molecule has 0 N–H and O–H groups in total. The van der Waals surface area contributed by atoms with Crippen molar-refractivity contribution in [3.63, 3.8) is 0 Å². The van der Waals surface area contributed by atoms with Gasteiger partial charge in [0.05, 0.1) is 6.61 Å². The summed E-state index contributed by atoms with van der Waals surface area (Å²) in [5.74, 6) is 0.760. The Morgan fingerprint density at radius 1 is 1.15 bits per heavy atom. The SMILES string of the molecule is CCCOc1ccccc1/C=C(\C#N)C(=O)Oc1ccc(C(C)C)cc1. The lowest BCUT2D eigenvalue weighted by molar-refractivity contribution is -0.129. The van der Waals surface area contributed by atoms with Crippen molar-refractivity contribution in [1.29, 1.82) is 5.26 Å². The number of rotatable bonds is 7. The molecule has 134 valence electrons. The van der Waals surface area contributed by atoms with Crippen LogP contribution in [0.15, 0.2) is 54.1 Å². The first kappa shape index (κ1) is 19.3. The topological polar surface area (TPSA) is 59.3 Å². The molecule has 0 saturated carbocycles. The van der Waals surface area contributed by atoms with Gasteiger partial charge < -0.3 is 9.47 Å². The van der Waals surface area contributed by atoms with Gasteiger partial charge in [-0.2, -0.15) is 5.26 Å². The molecule has 4 nitrogen and oxygen atoms in total. The first-order valence-corrected chi connectivity index (χ1v) is 8.71. The zero-order chi connectivity index (χ0) is 18.9. The van der Waals surface area contributed by atoms with Crippen molar-refractivity contribution < 1.29 is 14.3 Å². The number of benzene rings is 2. The third-order valence-corrected chi connectivity index (χ3v) is 3.78. The highest BCUT2D eigenvalue weighted by molar-refractivity contribution is 5.99. The van der Waals surface area contributed by atoms with Gasteiger partial charge in [-0.05, 0) is 42.2 Å². The van der Waals surface area contributed by atoms with Crippen molar-refractivity contribution in [3.05, 3.63) is 65.2 Å². The Balaban J connectivity index is 2.18.